The summed E-state index contributed by atoms with van der Waals surface area (Å²) in [5.74, 6) is 1.97. The molecule has 0 unspecified atom stereocenters. The summed E-state index contributed by atoms with van der Waals surface area (Å²) < 4.78 is 32.9. The molecule has 0 saturated carbocycles. The normalized spacial score (nSPS) is 12.2. The van der Waals surface area contributed by atoms with Crippen molar-refractivity contribution >= 4 is 0 Å². The lowest BCUT2D eigenvalue weighted by Gasteiger charge is -2.21. The van der Waals surface area contributed by atoms with E-state index in [1.54, 1.807) is 14.2 Å². The standard InChI is InChI=1S/C23H32O6/c1-18(2)23(29-17-27-14-20-7-11-22(25-4)12-8-20)15-28-16-26-13-19-5-9-21(24-3)10-6-19/h5-12,18,23H,13-17H2,1-4H3/t23-/m1/s1. The zero-order valence-corrected chi connectivity index (χ0v) is 17.8. The van der Waals surface area contributed by atoms with Crippen LogP contribution >= 0.6 is 0 Å². The Morgan fingerprint density at radius 3 is 1.59 bits per heavy atom. The van der Waals surface area contributed by atoms with Gasteiger partial charge in [0.25, 0.3) is 0 Å². The highest BCUT2D eigenvalue weighted by Crippen LogP contribution is 2.14. The van der Waals surface area contributed by atoms with Crippen molar-refractivity contribution < 1.29 is 28.4 Å². The lowest BCUT2D eigenvalue weighted by Crippen LogP contribution is -2.27. The van der Waals surface area contributed by atoms with Gasteiger partial charge in [-0.3, -0.25) is 0 Å². The molecule has 6 heteroatoms. The van der Waals surface area contributed by atoms with Gasteiger partial charge in [-0.25, -0.2) is 0 Å². The van der Waals surface area contributed by atoms with Gasteiger partial charge in [-0.1, -0.05) is 38.1 Å². The van der Waals surface area contributed by atoms with Crippen LogP contribution in [-0.2, 0) is 32.2 Å². The van der Waals surface area contributed by atoms with E-state index in [4.69, 9.17) is 28.4 Å². The zero-order valence-electron chi connectivity index (χ0n) is 17.8. The van der Waals surface area contributed by atoms with E-state index in [-0.39, 0.29) is 19.7 Å². The molecule has 0 amide bonds. The Morgan fingerprint density at radius 2 is 1.14 bits per heavy atom. The summed E-state index contributed by atoms with van der Waals surface area (Å²) in [6, 6.07) is 15.5. The Bertz CT molecular complexity index is 669. The molecule has 2 aromatic rings. The van der Waals surface area contributed by atoms with Crippen LogP contribution in [0.4, 0.5) is 0 Å². The highest BCUT2D eigenvalue weighted by Gasteiger charge is 2.14. The van der Waals surface area contributed by atoms with Crippen LogP contribution in [-0.4, -0.2) is 40.5 Å². The molecule has 0 fully saturated rings. The minimum absolute atomic E-state index is 0.0598. The largest absolute Gasteiger partial charge is 0.497 e. The fourth-order valence-corrected chi connectivity index (χ4v) is 2.55. The van der Waals surface area contributed by atoms with Gasteiger partial charge in [0.05, 0.1) is 40.1 Å². The number of rotatable bonds is 14. The van der Waals surface area contributed by atoms with Crippen molar-refractivity contribution in [3.05, 3.63) is 59.7 Å². The summed E-state index contributed by atoms with van der Waals surface area (Å²) in [7, 11) is 3.30. The van der Waals surface area contributed by atoms with E-state index >= 15 is 0 Å². The molecule has 0 radical (unpaired) electrons. The van der Waals surface area contributed by atoms with Crippen LogP contribution in [0.25, 0.3) is 0 Å². The van der Waals surface area contributed by atoms with Crippen molar-refractivity contribution in [3.8, 4) is 11.5 Å². The number of ether oxygens (including phenoxy) is 6. The van der Waals surface area contributed by atoms with Gasteiger partial charge < -0.3 is 28.4 Å². The van der Waals surface area contributed by atoms with Crippen LogP contribution in [0, 0.1) is 5.92 Å². The van der Waals surface area contributed by atoms with Gasteiger partial charge in [-0.2, -0.15) is 0 Å². The first-order chi connectivity index (χ1) is 14.1. The van der Waals surface area contributed by atoms with Gasteiger partial charge >= 0.3 is 0 Å². The molecule has 29 heavy (non-hydrogen) atoms. The predicted octanol–water partition coefficient (Wildman–Crippen LogP) is 4.41. The quantitative estimate of drug-likeness (QED) is 0.343. The van der Waals surface area contributed by atoms with Crippen LogP contribution in [0.1, 0.15) is 25.0 Å². The van der Waals surface area contributed by atoms with Crippen LogP contribution in [0.5, 0.6) is 11.5 Å². The van der Waals surface area contributed by atoms with E-state index < -0.39 is 0 Å². The Hall–Kier alpha value is -2.12. The topological polar surface area (TPSA) is 55.4 Å². The fraction of sp³-hybridized carbons (Fsp3) is 0.478. The van der Waals surface area contributed by atoms with E-state index in [2.05, 4.69) is 13.8 Å². The number of benzene rings is 2. The number of methoxy groups -OCH3 is 2. The second kappa shape index (κ2) is 13.2. The third-order valence-corrected chi connectivity index (χ3v) is 4.41. The van der Waals surface area contributed by atoms with Crippen LogP contribution in [0.3, 0.4) is 0 Å². The van der Waals surface area contributed by atoms with E-state index in [1.165, 1.54) is 0 Å². The summed E-state index contributed by atoms with van der Waals surface area (Å²) in [5.41, 5.74) is 2.14. The van der Waals surface area contributed by atoms with Crippen molar-refractivity contribution in [1.29, 1.82) is 0 Å². The SMILES string of the molecule is COc1ccc(COCOC[C@@H](OCOCc2ccc(OC)cc2)C(C)C)cc1. The molecule has 0 aromatic heterocycles. The Morgan fingerprint density at radius 1 is 0.655 bits per heavy atom. The Kier molecular flexibility index (Phi) is 10.5. The Balaban J connectivity index is 1.59. The average molecular weight is 405 g/mol. The smallest absolute Gasteiger partial charge is 0.147 e. The van der Waals surface area contributed by atoms with Crippen molar-refractivity contribution in [2.45, 2.75) is 33.2 Å². The van der Waals surface area contributed by atoms with Crippen molar-refractivity contribution in [2.24, 2.45) is 5.92 Å². The molecule has 2 rings (SSSR count). The molecule has 0 bridgehead atoms. The third-order valence-electron chi connectivity index (χ3n) is 4.41. The molecule has 0 N–H and O–H groups in total. The lowest BCUT2D eigenvalue weighted by molar-refractivity contribution is -0.149. The van der Waals surface area contributed by atoms with Gasteiger partial charge in [-0.15, -0.1) is 0 Å². The Labute approximate surface area is 173 Å². The number of hydrogen-bond donors (Lipinski definition) is 0. The van der Waals surface area contributed by atoms with E-state index in [0.29, 0.717) is 25.7 Å². The van der Waals surface area contributed by atoms with Crippen molar-refractivity contribution in [2.75, 3.05) is 34.4 Å². The van der Waals surface area contributed by atoms with Crippen LogP contribution < -0.4 is 9.47 Å². The maximum Gasteiger partial charge on any atom is 0.147 e. The summed E-state index contributed by atoms with van der Waals surface area (Å²) in [5, 5.41) is 0. The maximum atomic E-state index is 5.82. The second-order valence-electron chi connectivity index (χ2n) is 6.95. The molecule has 2 aromatic carbocycles. The molecule has 0 spiro atoms. The number of hydrogen-bond acceptors (Lipinski definition) is 6. The van der Waals surface area contributed by atoms with Crippen LogP contribution in [0.2, 0.25) is 0 Å². The monoisotopic (exact) mass is 404 g/mol. The molecular weight excluding hydrogens is 372 g/mol. The van der Waals surface area contributed by atoms with Gasteiger partial charge in [0, 0.05) is 0 Å². The molecule has 0 aliphatic heterocycles. The summed E-state index contributed by atoms with van der Waals surface area (Å²) >= 11 is 0. The molecule has 0 heterocycles. The van der Waals surface area contributed by atoms with Crippen molar-refractivity contribution in [1.82, 2.24) is 0 Å². The molecule has 0 aliphatic rings. The first kappa shape index (κ1) is 23.2. The van der Waals surface area contributed by atoms with Gasteiger partial charge in [-0.05, 0) is 41.3 Å². The van der Waals surface area contributed by atoms with E-state index in [9.17, 15) is 0 Å². The molecular formula is C23H32O6. The first-order valence-corrected chi connectivity index (χ1v) is 9.73. The fourth-order valence-electron chi connectivity index (χ4n) is 2.55. The lowest BCUT2D eigenvalue weighted by atomic mass is 10.1. The minimum atomic E-state index is -0.0598. The van der Waals surface area contributed by atoms with Crippen molar-refractivity contribution in [3.63, 3.8) is 0 Å². The van der Waals surface area contributed by atoms with Gasteiger partial charge in [0.1, 0.15) is 25.1 Å². The first-order valence-electron chi connectivity index (χ1n) is 9.73. The zero-order chi connectivity index (χ0) is 20.9. The summed E-state index contributed by atoms with van der Waals surface area (Å²) in [6.07, 6.45) is -0.0598. The third kappa shape index (κ3) is 8.83. The minimum Gasteiger partial charge on any atom is -0.497 e. The molecule has 0 saturated heterocycles. The second-order valence-corrected chi connectivity index (χ2v) is 6.95. The van der Waals surface area contributed by atoms with Crippen LogP contribution in [0.15, 0.2) is 48.5 Å². The summed E-state index contributed by atoms with van der Waals surface area (Å²) in [4.78, 5) is 0. The van der Waals surface area contributed by atoms with Gasteiger partial charge in [0.2, 0.25) is 0 Å². The molecule has 160 valence electrons. The van der Waals surface area contributed by atoms with E-state index in [1.807, 2.05) is 48.5 Å². The maximum absolute atomic E-state index is 5.82. The average Bonchev–Trinajstić information content (AvgIpc) is 2.75. The molecule has 0 aliphatic carbocycles. The summed E-state index contributed by atoms with van der Waals surface area (Å²) in [6.45, 7) is 6.04. The van der Waals surface area contributed by atoms with E-state index in [0.717, 1.165) is 22.6 Å². The highest BCUT2D eigenvalue weighted by atomic mass is 16.7. The van der Waals surface area contributed by atoms with Gasteiger partial charge in [0.15, 0.2) is 0 Å². The predicted molar refractivity (Wildman–Crippen MR) is 111 cm³/mol. The molecule has 6 nitrogen and oxygen atoms in total. The molecule has 1 atom stereocenters. The highest BCUT2D eigenvalue weighted by molar-refractivity contribution is 5.27.